The van der Waals surface area contributed by atoms with Gasteiger partial charge in [-0.2, -0.15) is 18.2 Å². The van der Waals surface area contributed by atoms with E-state index in [1.807, 2.05) is 0 Å². The summed E-state index contributed by atoms with van der Waals surface area (Å²) in [7, 11) is -4.42. The van der Waals surface area contributed by atoms with Gasteiger partial charge in [0.05, 0.1) is 17.6 Å². The molecule has 0 bridgehead atoms. The smallest absolute Gasteiger partial charge is 0.387 e. The zero-order valence-corrected chi connectivity index (χ0v) is 20.7. The number of fused-ring (bicyclic) bond motifs is 1. The maximum absolute atomic E-state index is 12.9. The van der Waals surface area contributed by atoms with Crippen molar-refractivity contribution in [2.75, 3.05) is 18.3 Å². The number of benzene rings is 1. The van der Waals surface area contributed by atoms with Crippen LogP contribution in [0.3, 0.4) is 0 Å². The van der Waals surface area contributed by atoms with Crippen LogP contribution in [0.5, 0.6) is 0 Å². The quantitative estimate of drug-likeness (QED) is 0.203. The average Bonchev–Trinajstić information content (AvgIpc) is 3.34. The predicted octanol–water partition coefficient (Wildman–Crippen LogP) is 3.05. The Morgan fingerprint density at radius 2 is 1.86 bits per heavy atom. The van der Waals surface area contributed by atoms with Crippen LogP contribution in [0.25, 0.3) is 11.0 Å². The number of hydrogen-bond donors (Lipinski definition) is 5. The summed E-state index contributed by atoms with van der Waals surface area (Å²) in [6.45, 7) is 1.34. The first-order valence-electron chi connectivity index (χ1n) is 10.9. The van der Waals surface area contributed by atoms with Crippen LogP contribution in [0.4, 0.5) is 19.0 Å². The van der Waals surface area contributed by atoms with E-state index in [0.717, 1.165) is 12.1 Å². The molecule has 5 N–H and O–H groups in total. The maximum atomic E-state index is 12.9. The molecule has 202 valence electrons. The van der Waals surface area contributed by atoms with Gasteiger partial charge in [0.1, 0.15) is 36.1 Å². The van der Waals surface area contributed by atoms with Crippen molar-refractivity contribution in [3.8, 4) is 0 Å². The number of nitrogens with one attached hydrogen (secondary N) is 1. The minimum atomic E-state index is -4.45. The topological polar surface area (TPSA) is 159 Å². The Bertz CT molecular complexity index is 1300. The second-order valence-electron chi connectivity index (χ2n) is 8.50. The van der Waals surface area contributed by atoms with Gasteiger partial charge >= 0.3 is 13.8 Å². The zero-order chi connectivity index (χ0) is 27.1. The highest BCUT2D eigenvalue weighted by Crippen LogP contribution is 2.37. The van der Waals surface area contributed by atoms with E-state index in [1.54, 1.807) is 13.0 Å². The van der Waals surface area contributed by atoms with E-state index in [2.05, 4.69) is 15.3 Å². The van der Waals surface area contributed by atoms with Crippen molar-refractivity contribution in [3.05, 3.63) is 52.9 Å². The van der Waals surface area contributed by atoms with Gasteiger partial charge in [-0.05, 0) is 42.3 Å². The molecule has 0 spiro atoms. The number of rotatable bonds is 8. The Balaban J connectivity index is 1.55. The molecule has 5 atom stereocenters. The fourth-order valence-corrected chi connectivity index (χ4v) is 4.46. The molecule has 1 aromatic carbocycles. The number of halogens is 4. The molecule has 1 aliphatic rings. The summed E-state index contributed by atoms with van der Waals surface area (Å²) in [4.78, 5) is 26.2. The lowest BCUT2D eigenvalue weighted by molar-refractivity contribution is -0.137. The van der Waals surface area contributed by atoms with E-state index in [9.17, 15) is 27.9 Å². The Labute approximate surface area is 213 Å². The van der Waals surface area contributed by atoms with Gasteiger partial charge < -0.3 is 39.4 Å². The van der Waals surface area contributed by atoms with Crippen LogP contribution >= 0.6 is 19.2 Å². The molecule has 0 unspecified atom stereocenters. The summed E-state index contributed by atoms with van der Waals surface area (Å²) in [5.74, 6) is 0.274. The highest BCUT2D eigenvalue weighted by Gasteiger charge is 2.44. The number of alkyl halides is 3. The van der Waals surface area contributed by atoms with Gasteiger partial charge in [0.2, 0.25) is 5.28 Å². The van der Waals surface area contributed by atoms with Crippen LogP contribution in [0.15, 0.2) is 36.5 Å². The first-order chi connectivity index (χ1) is 17.2. The molecular weight excluding hydrogens is 544 g/mol. The van der Waals surface area contributed by atoms with Gasteiger partial charge in [-0.3, -0.25) is 4.57 Å². The zero-order valence-electron chi connectivity index (χ0n) is 19.1. The van der Waals surface area contributed by atoms with E-state index < -0.39 is 56.3 Å². The van der Waals surface area contributed by atoms with Gasteiger partial charge in [-0.1, -0.05) is 12.1 Å². The highest BCUT2D eigenvalue weighted by atomic mass is 35.5. The largest absolute Gasteiger partial charge is 0.416 e. The number of aliphatic hydroxyl groups is 2. The minimum absolute atomic E-state index is 0.163. The molecule has 37 heavy (non-hydrogen) atoms. The number of aromatic nitrogens is 3. The van der Waals surface area contributed by atoms with Gasteiger partial charge in [0.25, 0.3) is 0 Å². The minimum Gasteiger partial charge on any atom is -0.387 e. The summed E-state index contributed by atoms with van der Waals surface area (Å²) in [5.41, 5.74) is 0.0250. The van der Waals surface area contributed by atoms with E-state index in [0.29, 0.717) is 10.9 Å². The van der Waals surface area contributed by atoms with Crippen LogP contribution < -0.4 is 5.32 Å². The summed E-state index contributed by atoms with van der Waals surface area (Å²) in [6.07, 6.45) is -8.88. The molecule has 0 radical (unpaired) electrons. The average molecular weight is 567 g/mol. The number of aliphatic hydroxyl groups excluding tert-OH is 2. The van der Waals surface area contributed by atoms with Gasteiger partial charge in [-0.25, -0.2) is 4.98 Å². The molecule has 2 aromatic heterocycles. The summed E-state index contributed by atoms with van der Waals surface area (Å²) in [6, 6.07) is 5.81. The standard InChI is InChI=1S/C21H23ClF3N4O7P/c1-10(11-2-4-12(5-3-11)21(23,24)25)26-17-13-6-7-29(18(13)28-20(22)27-17)19-16(31)15(30)14(36-19)8-35-9-37(32,33)34/h2-7,10,14-16,19,30-31H,8-9H2,1H3,(H,26,27,28)(H2,32,33,34)/t10-,14+,15+,16+,19+/m0/s1. The molecule has 3 heterocycles. The van der Waals surface area contributed by atoms with Crippen molar-refractivity contribution in [1.82, 2.24) is 14.5 Å². The van der Waals surface area contributed by atoms with Crippen LogP contribution in [0.1, 0.15) is 30.3 Å². The summed E-state index contributed by atoms with van der Waals surface area (Å²) < 4.78 is 61.6. The highest BCUT2D eigenvalue weighted by molar-refractivity contribution is 7.51. The lowest BCUT2D eigenvalue weighted by Crippen LogP contribution is -2.33. The second kappa shape index (κ2) is 10.5. The fraction of sp³-hybridized carbons (Fsp3) is 0.429. The van der Waals surface area contributed by atoms with Crippen molar-refractivity contribution in [1.29, 1.82) is 0 Å². The SMILES string of the molecule is C[C@H](Nc1nc(Cl)nc2c1ccn2[C@@H]1O[C@H](COCP(=O)(O)O)[C@@H](O)[C@H]1O)c1ccc(C(F)(F)F)cc1. The van der Waals surface area contributed by atoms with Crippen LogP contribution in [-0.2, 0) is 20.2 Å². The third-order valence-corrected chi connectivity index (χ3v) is 6.48. The van der Waals surface area contributed by atoms with Crippen LogP contribution in [0.2, 0.25) is 5.28 Å². The monoisotopic (exact) mass is 566 g/mol. The molecule has 11 nitrogen and oxygen atoms in total. The van der Waals surface area contributed by atoms with E-state index in [-0.39, 0.29) is 23.4 Å². The molecule has 1 fully saturated rings. The predicted molar refractivity (Wildman–Crippen MR) is 125 cm³/mol. The Hall–Kier alpha value is -2.29. The second-order valence-corrected chi connectivity index (χ2v) is 10.4. The molecular formula is C21H23ClF3N4O7P. The Morgan fingerprint density at radius 3 is 2.49 bits per heavy atom. The first-order valence-corrected chi connectivity index (χ1v) is 13.0. The molecule has 4 rings (SSSR count). The number of ether oxygens (including phenoxy) is 2. The molecule has 1 saturated heterocycles. The van der Waals surface area contributed by atoms with E-state index >= 15 is 0 Å². The first kappa shape index (κ1) is 27.7. The van der Waals surface area contributed by atoms with E-state index in [4.69, 9.17) is 30.9 Å². The molecule has 0 saturated carbocycles. The number of nitrogens with zero attached hydrogens (tertiary/aromatic N) is 3. The molecule has 16 heteroatoms. The normalized spacial score (nSPS) is 23.5. The van der Waals surface area contributed by atoms with Crippen molar-refractivity contribution in [2.45, 2.75) is 43.7 Å². The lowest BCUT2D eigenvalue weighted by atomic mass is 10.1. The Kier molecular flexibility index (Phi) is 7.84. The van der Waals surface area contributed by atoms with Crippen LogP contribution in [0, 0.1) is 0 Å². The van der Waals surface area contributed by atoms with Crippen molar-refractivity contribution < 1.29 is 47.2 Å². The van der Waals surface area contributed by atoms with Crippen LogP contribution in [-0.4, -0.2) is 65.8 Å². The fourth-order valence-electron chi connectivity index (χ4n) is 3.96. The molecule has 1 aliphatic heterocycles. The lowest BCUT2D eigenvalue weighted by Gasteiger charge is -2.19. The van der Waals surface area contributed by atoms with E-state index in [1.165, 1.54) is 22.9 Å². The molecule has 0 amide bonds. The Morgan fingerprint density at radius 1 is 1.19 bits per heavy atom. The number of hydrogen-bond acceptors (Lipinski definition) is 8. The summed E-state index contributed by atoms with van der Waals surface area (Å²) in [5, 5.41) is 24.3. The summed E-state index contributed by atoms with van der Waals surface area (Å²) >= 11 is 6.12. The third-order valence-electron chi connectivity index (χ3n) is 5.79. The molecule has 0 aliphatic carbocycles. The third kappa shape index (κ3) is 6.24. The van der Waals surface area contributed by atoms with Crippen molar-refractivity contribution in [2.24, 2.45) is 0 Å². The maximum Gasteiger partial charge on any atom is 0.416 e. The molecule has 3 aromatic rings. The number of anilines is 1. The van der Waals surface area contributed by atoms with Gasteiger partial charge in [0, 0.05) is 12.2 Å². The van der Waals surface area contributed by atoms with Gasteiger partial charge in [0.15, 0.2) is 6.23 Å². The van der Waals surface area contributed by atoms with Crippen molar-refractivity contribution in [3.63, 3.8) is 0 Å². The van der Waals surface area contributed by atoms with Gasteiger partial charge in [-0.15, -0.1) is 0 Å². The van der Waals surface area contributed by atoms with Crippen molar-refractivity contribution >= 4 is 36.0 Å².